The van der Waals surface area contributed by atoms with E-state index in [1.54, 1.807) is 12.3 Å². The minimum Gasteiger partial charge on any atom is -0.454 e. The van der Waals surface area contributed by atoms with Gasteiger partial charge in [-0.2, -0.15) is 4.40 Å². The lowest BCUT2D eigenvalue weighted by Crippen LogP contribution is -2.16. The van der Waals surface area contributed by atoms with Gasteiger partial charge in [0, 0.05) is 42.0 Å². The van der Waals surface area contributed by atoms with Crippen molar-refractivity contribution in [3.63, 3.8) is 0 Å². The summed E-state index contributed by atoms with van der Waals surface area (Å²) in [5, 5.41) is 0.506. The van der Waals surface area contributed by atoms with Crippen LogP contribution in [-0.2, 0) is 17.9 Å². The third-order valence-electron chi connectivity index (χ3n) is 4.91. The average Bonchev–Trinajstić information content (AvgIpc) is 3.27. The van der Waals surface area contributed by atoms with E-state index in [0.29, 0.717) is 34.3 Å². The second-order valence-electron chi connectivity index (χ2n) is 7.06. The number of H-pyrrole nitrogens is 1. The molecule has 2 heterocycles. The molecule has 1 unspecified atom stereocenters. The molecule has 0 aliphatic rings. The maximum Gasteiger partial charge on any atom is 0.274 e. The molecule has 1 atom stereocenters. The summed E-state index contributed by atoms with van der Waals surface area (Å²) >= 11 is 0. The first-order chi connectivity index (χ1) is 15.7. The minimum absolute atomic E-state index is 0.0510. The number of thiol groups is 1. The van der Waals surface area contributed by atoms with Gasteiger partial charge in [0.05, 0.1) is 6.21 Å². The van der Waals surface area contributed by atoms with Crippen molar-refractivity contribution in [3.8, 4) is 22.6 Å². The number of aryl methyl sites for hydroxylation is 1. The molecular weight excluding hydrogens is 459 g/mol. The Kier molecular flexibility index (Phi) is 6.05. The highest BCUT2D eigenvalue weighted by Gasteiger charge is 2.19. The lowest BCUT2D eigenvalue weighted by Gasteiger charge is -2.16. The van der Waals surface area contributed by atoms with Crippen molar-refractivity contribution >= 4 is 28.0 Å². The van der Waals surface area contributed by atoms with Gasteiger partial charge in [0.25, 0.3) is 5.56 Å². The summed E-state index contributed by atoms with van der Waals surface area (Å²) < 4.78 is 73.6. The molecule has 0 aliphatic heterocycles. The van der Waals surface area contributed by atoms with Crippen LogP contribution in [0.3, 0.4) is 0 Å². The number of halogens is 3. The lowest BCUT2D eigenvalue weighted by atomic mass is 9.99. The predicted molar refractivity (Wildman–Crippen MR) is 118 cm³/mol. The van der Waals surface area contributed by atoms with E-state index in [9.17, 15) is 26.4 Å². The van der Waals surface area contributed by atoms with E-state index in [0.717, 1.165) is 12.1 Å². The van der Waals surface area contributed by atoms with Gasteiger partial charge in [-0.1, -0.05) is 6.07 Å². The zero-order valence-corrected chi connectivity index (χ0v) is 17.9. The highest BCUT2D eigenvalue weighted by molar-refractivity contribution is 7.71. The van der Waals surface area contributed by atoms with Gasteiger partial charge in [-0.05, 0) is 35.9 Å². The van der Waals surface area contributed by atoms with E-state index in [-0.39, 0.29) is 22.6 Å². The van der Waals surface area contributed by atoms with Gasteiger partial charge in [0.15, 0.2) is 17.7 Å². The van der Waals surface area contributed by atoms with Crippen molar-refractivity contribution in [3.05, 3.63) is 82.4 Å². The molecule has 0 amide bonds. The summed E-state index contributed by atoms with van der Waals surface area (Å²) in [6, 6.07) is 8.54. The third kappa shape index (κ3) is 4.53. The molecule has 0 spiro atoms. The topological polar surface area (TPSA) is 93.5 Å². The molecule has 0 fully saturated rings. The van der Waals surface area contributed by atoms with Gasteiger partial charge in [-0.25, -0.2) is 21.6 Å². The Bertz CT molecular complexity index is 1520. The normalized spacial score (nSPS) is 12.6. The number of alkyl halides is 1. The first-order valence-electron chi connectivity index (χ1n) is 9.51. The van der Waals surface area contributed by atoms with Gasteiger partial charge in [0.1, 0.15) is 17.1 Å². The maximum absolute atomic E-state index is 14.6. The van der Waals surface area contributed by atoms with Gasteiger partial charge in [-0.15, -0.1) is 0 Å². The molecule has 2 aromatic heterocycles. The summed E-state index contributed by atoms with van der Waals surface area (Å²) in [6.07, 6.45) is 1.86. The number of aromatic nitrogens is 2. The SMILES string of the molecule is Cn1cc(-c2cc(C(F)C=N[SH](=O)=O)ccc2Oc2ccc(F)cc2F)c2cc[nH]c2c1=O. The maximum atomic E-state index is 14.6. The van der Waals surface area contributed by atoms with Crippen LogP contribution in [0.2, 0.25) is 0 Å². The van der Waals surface area contributed by atoms with Crippen LogP contribution in [-0.4, -0.2) is 24.2 Å². The standard InChI is InChI=1S/C22H16F3N3O4S/c1-28-11-16(14-6-7-26-21(14)22(28)29)15-8-12(18(25)10-27-33(30)31)2-4-19(15)32-20-5-3-13(23)9-17(20)24/h2-11,18,26,33H,1H3. The van der Waals surface area contributed by atoms with Crippen LogP contribution in [0.4, 0.5) is 13.2 Å². The van der Waals surface area contributed by atoms with Crippen LogP contribution >= 0.6 is 0 Å². The molecule has 0 saturated heterocycles. The number of ether oxygens (including phenoxy) is 1. The number of nitrogens with one attached hydrogen (secondary N) is 1. The molecule has 0 radical (unpaired) electrons. The summed E-state index contributed by atoms with van der Waals surface area (Å²) in [5.74, 6) is -1.88. The average molecular weight is 475 g/mol. The Morgan fingerprint density at radius 2 is 1.85 bits per heavy atom. The Balaban J connectivity index is 1.92. The fourth-order valence-corrected chi connectivity index (χ4v) is 3.60. The van der Waals surface area contributed by atoms with Gasteiger partial charge in [-0.3, -0.25) is 4.79 Å². The number of hydrogen-bond donors (Lipinski definition) is 2. The van der Waals surface area contributed by atoms with E-state index in [4.69, 9.17) is 4.74 Å². The molecule has 0 bridgehead atoms. The molecule has 2 aromatic carbocycles. The fraction of sp³-hybridized carbons (Fsp3) is 0.0909. The smallest absolute Gasteiger partial charge is 0.274 e. The molecule has 0 saturated carbocycles. The summed E-state index contributed by atoms with van der Waals surface area (Å²) in [7, 11) is -1.62. The molecule has 4 aromatic rings. The van der Waals surface area contributed by atoms with Crippen molar-refractivity contribution < 1.29 is 26.3 Å². The quantitative estimate of drug-likeness (QED) is 0.323. The zero-order chi connectivity index (χ0) is 23.7. The lowest BCUT2D eigenvalue weighted by molar-refractivity contribution is 0.435. The Morgan fingerprint density at radius 3 is 2.58 bits per heavy atom. The van der Waals surface area contributed by atoms with Crippen LogP contribution in [0.15, 0.2) is 64.1 Å². The van der Waals surface area contributed by atoms with E-state index < -0.39 is 28.7 Å². The molecule has 1 N–H and O–H groups in total. The second kappa shape index (κ2) is 8.94. The molecule has 0 aliphatic carbocycles. The van der Waals surface area contributed by atoms with Crippen LogP contribution < -0.4 is 10.3 Å². The Labute approximate surface area is 186 Å². The molecule has 11 heteroatoms. The van der Waals surface area contributed by atoms with Gasteiger partial charge < -0.3 is 14.3 Å². The second-order valence-corrected chi connectivity index (χ2v) is 7.77. The van der Waals surface area contributed by atoms with Crippen LogP contribution in [0, 0.1) is 11.6 Å². The third-order valence-corrected chi connectivity index (χ3v) is 5.23. The number of rotatable bonds is 6. The monoisotopic (exact) mass is 475 g/mol. The van der Waals surface area contributed by atoms with Crippen LogP contribution in [0.25, 0.3) is 22.0 Å². The van der Waals surface area contributed by atoms with Crippen molar-refractivity contribution in [2.24, 2.45) is 11.4 Å². The number of nitrogens with zero attached hydrogens (tertiary/aromatic N) is 2. The first-order valence-corrected chi connectivity index (χ1v) is 10.6. The first kappa shape index (κ1) is 22.3. The molecule has 33 heavy (non-hydrogen) atoms. The summed E-state index contributed by atoms with van der Waals surface area (Å²) in [5.41, 5.74) is 0.804. The highest BCUT2D eigenvalue weighted by Crippen LogP contribution is 2.39. The Morgan fingerprint density at radius 1 is 1.09 bits per heavy atom. The van der Waals surface area contributed by atoms with Crippen LogP contribution in [0.5, 0.6) is 11.5 Å². The number of aromatic amines is 1. The van der Waals surface area contributed by atoms with Crippen molar-refractivity contribution in [2.75, 3.05) is 0 Å². The predicted octanol–water partition coefficient (Wildman–Crippen LogP) is 4.21. The Hall–Kier alpha value is -3.86. The van der Waals surface area contributed by atoms with E-state index >= 15 is 0 Å². The van der Waals surface area contributed by atoms with E-state index in [2.05, 4.69) is 9.38 Å². The molecular formula is C22H16F3N3O4S. The zero-order valence-electron chi connectivity index (χ0n) is 17.0. The number of fused-ring (bicyclic) bond motifs is 1. The van der Waals surface area contributed by atoms with Crippen LogP contribution in [0.1, 0.15) is 11.7 Å². The van der Waals surface area contributed by atoms with Crippen molar-refractivity contribution in [1.82, 2.24) is 9.55 Å². The number of pyridine rings is 1. The largest absolute Gasteiger partial charge is 0.454 e. The molecule has 4 rings (SSSR count). The fourth-order valence-electron chi connectivity index (χ4n) is 3.38. The summed E-state index contributed by atoms with van der Waals surface area (Å²) in [4.78, 5) is 15.3. The van der Waals surface area contributed by atoms with E-state index in [1.807, 2.05) is 0 Å². The number of benzene rings is 2. The molecule has 7 nitrogen and oxygen atoms in total. The van der Waals surface area contributed by atoms with Gasteiger partial charge >= 0.3 is 0 Å². The molecule has 170 valence electrons. The minimum atomic E-state index is -3.16. The van der Waals surface area contributed by atoms with E-state index in [1.165, 1.54) is 36.0 Å². The van der Waals surface area contributed by atoms with Crippen molar-refractivity contribution in [1.29, 1.82) is 0 Å². The van der Waals surface area contributed by atoms with Gasteiger partial charge in [0.2, 0.25) is 10.9 Å². The van der Waals surface area contributed by atoms with Crippen molar-refractivity contribution in [2.45, 2.75) is 6.17 Å². The summed E-state index contributed by atoms with van der Waals surface area (Å²) in [6.45, 7) is 0. The highest BCUT2D eigenvalue weighted by atomic mass is 32.2. The number of hydrogen-bond acceptors (Lipinski definition) is 4.